The van der Waals surface area contributed by atoms with Crippen molar-refractivity contribution in [2.75, 3.05) is 0 Å². The van der Waals surface area contributed by atoms with Crippen molar-refractivity contribution in [3.8, 4) is 0 Å². The third-order valence-corrected chi connectivity index (χ3v) is 1.51. The predicted octanol–water partition coefficient (Wildman–Crippen LogP) is 12.9. The van der Waals surface area contributed by atoms with Gasteiger partial charge in [-0.3, -0.25) is 4.98 Å². The molecule has 0 saturated carbocycles. The lowest BCUT2D eigenvalue weighted by atomic mass is 10.2. The summed E-state index contributed by atoms with van der Waals surface area (Å²) in [5.74, 6) is 0. The first kappa shape index (κ1) is 63.1. The summed E-state index contributed by atoms with van der Waals surface area (Å²) in [6.45, 7) is 34.3. The van der Waals surface area contributed by atoms with Crippen LogP contribution in [0, 0.1) is 6.92 Å². The lowest BCUT2D eigenvalue weighted by Gasteiger charge is -1.82. The van der Waals surface area contributed by atoms with E-state index in [9.17, 15) is 0 Å². The third kappa shape index (κ3) is 139. The average molecular weight is 458 g/mol. The van der Waals surface area contributed by atoms with Crippen molar-refractivity contribution in [1.82, 2.24) is 4.98 Å². The summed E-state index contributed by atoms with van der Waals surface area (Å²) in [5.41, 5.74) is 1.32. The molecule has 0 saturated heterocycles. The molecule has 32 heavy (non-hydrogen) atoms. The molecular formula is C31H71N. The van der Waals surface area contributed by atoms with E-state index in [1.165, 1.54) is 12.0 Å². The van der Waals surface area contributed by atoms with E-state index in [0.29, 0.717) is 0 Å². The van der Waals surface area contributed by atoms with E-state index in [1.54, 1.807) is 12.4 Å². The first-order valence-electron chi connectivity index (χ1n) is 12.7. The van der Waals surface area contributed by atoms with Crippen LogP contribution in [0.15, 0.2) is 60.9 Å². The van der Waals surface area contributed by atoms with E-state index in [-0.39, 0.29) is 14.9 Å². The highest BCUT2D eigenvalue weighted by Crippen LogP contribution is 1.92. The number of aryl methyl sites for hydroxylation is 1. The summed E-state index contributed by atoms with van der Waals surface area (Å²) in [6.07, 6.45) is 4.75. The Morgan fingerprint density at radius 1 is 0.469 bits per heavy atom. The number of hydrogen-bond acceptors (Lipinski definition) is 1. The molecule has 1 heteroatoms. The van der Waals surface area contributed by atoms with E-state index < -0.39 is 0 Å². The Morgan fingerprint density at radius 3 is 0.781 bits per heavy atom. The minimum absolute atomic E-state index is 0. The van der Waals surface area contributed by atoms with Gasteiger partial charge >= 0.3 is 0 Å². The van der Waals surface area contributed by atoms with Crippen LogP contribution in [0.25, 0.3) is 0 Å². The van der Waals surface area contributed by atoms with E-state index in [2.05, 4.69) is 37.9 Å². The molecule has 0 aliphatic heterocycles. The molecule has 0 bridgehead atoms. The molecule has 1 heterocycles. The van der Waals surface area contributed by atoms with Gasteiger partial charge in [0.1, 0.15) is 0 Å². The number of pyridine rings is 1. The van der Waals surface area contributed by atoms with Gasteiger partial charge in [-0.25, -0.2) is 0 Å². The van der Waals surface area contributed by atoms with Crippen LogP contribution >= 0.6 is 0 Å². The zero-order chi connectivity index (χ0) is 26.1. The van der Waals surface area contributed by atoms with E-state index in [4.69, 9.17) is 0 Å². The van der Waals surface area contributed by atoms with Crippen molar-refractivity contribution in [2.45, 2.75) is 139 Å². The fourth-order valence-corrected chi connectivity index (χ4v) is 0.847. The minimum Gasteiger partial charge on any atom is -0.265 e. The fourth-order valence-electron chi connectivity index (χ4n) is 0.847. The molecule has 0 N–H and O–H groups in total. The van der Waals surface area contributed by atoms with Gasteiger partial charge in [0.15, 0.2) is 0 Å². The van der Waals surface area contributed by atoms with Crippen molar-refractivity contribution >= 4 is 0 Å². The Kier molecular flexibility index (Phi) is 261. The quantitative estimate of drug-likeness (QED) is 0.383. The molecule has 0 atom stereocenters. The zero-order valence-corrected chi connectivity index (χ0v) is 24.4. The fraction of sp³-hybridized carbons (Fsp3) is 0.645. The highest BCUT2D eigenvalue weighted by molar-refractivity contribution is 5.11. The standard InChI is InChI=1S/C7H8.C5H5N.C3H8.7C2H6.2CH4/c1-7-5-3-2-4-6-7;1-2-4-6-5-3-1;1-3-2;7*1-2;;/h2-6H,1H3;1-5H;3H2,1-2H3;7*1-2H3;2*1H4. The Morgan fingerprint density at radius 2 is 0.688 bits per heavy atom. The van der Waals surface area contributed by atoms with Crippen LogP contribution in [-0.2, 0) is 0 Å². The number of aromatic nitrogens is 1. The summed E-state index contributed by atoms with van der Waals surface area (Å²) >= 11 is 0. The first-order valence-corrected chi connectivity index (χ1v) is 12.7. The van der Waals surface area contributed by atoms with E-state index in [1.807, 2.05) is 133 Å². The number of rotatable bonds is 0. The van der Waals surface area contributed by atoms with E-state index in [0.717, 1.165) is 0 Å². The summed E-state index contributed by atoms with van der Waals surface area (Å²) in [7, 11) is 0. The molecule has 0 aliphatic rings. The maximum Gasteiger partial charge on any atom is 0.0267 e. The molecule has 0 aliphatic carbocycles. The molecule has 1 aromatic carbocycles. The van der Waals surface area contributed by atoms with Crippen molar-refractivity contribution in [3.05, 3.63) is 66.5 Å². The SMILES string of the molecule is C.C.CC.CC.CC.CC.CC.CC.CC.CCC.Cc1ccccc1.c1ccncc1. The van der Waals surface area contributed by atoms with Gasteiger partial charge < -0.3 is 0 Å². The largest absolute Gasteiger partial charge is 0.265 e. The summed E-state index contributed by atoms with van der Waals surface area (Å²) in [4.78, 5) is 3.78. The zero-order valence-electron chi connectivity index (χ0n) is 24.4. The second kappa shape index (κ2) is 132. The van der Waals surface area contributed by atoms with Crippen LogP contribution in [0.5, 0.6) is 0 Å². The lowest BCUT2D eigenvalue weighted by Crippen LogP contribution is -1.62. The second-order valence-corrected chi connectivity index (χ2v) is 3.39. The molecule has 1 nitrogen and oxygen atoms in total. The Labute approximate surface area is 210 Å². The van der Waals surface area contributed by atoms with Gasteiger partial charge in [-0.1, -0.05) is 174 Å². The Bertz CT molecular complexity index is 290. The van der Waals surface area contributed by atoms with E-state index >= 15 is 0 Å². The average Bonchev–Trinajstić information content (AvgIpc) is 2.90. The van der Waals surface area contributed by atoms with Gasteiger partial charge in [-0.05, 0) is 19.1 Å². The maximum atomic E-state index is 3.78. The highest BCUT2D eigenvalue weighted by Gasteiger charge is 1.72. The van der Waals surface area contributed by atoms with Gasteiger partial charge in [0.05, 0.1) is 0 Å². The molecule has 2 aromatic rings. The van der Waals surface area contributed by atoms with Crippen molar-refractivity contribution < 1.29 is 0 Å². The number of nitrogens with zero attached hydrogens (tertiary/aromatic N) is 1. The van der Waals surface area contributed by atoms with Crippen LogP contribution in [0.3, 0.4) is 0 Å². The molecule has 0 fully saturated rings. The van der Waals surface area contributed by atoms with Crippen molar-refractivity contribution in [3.63, 3.8) is 0 Å². The number of hydrogen-bond donors (Lipinski definition) is 0. The molecule has 0 unspecified atom stereocenters. The molecule has 2 rings (SSSR count). The second-order valence-electron chi connectivity index (χ2n) is 3.39. The summed E-state index contributed by atoms with van der Waals surface area (Å²) in [5, 5.41) is 0. The Balaban J connectivity index is -0.0000000224. The minimum atomic E-state index is 0. The van der Waals surface area contributed by atoms with Crippen LogP contribution < -0.4 is 0 Å². The molecule has 200 valence electrons. The van der Waals surface area contributed by atoms with Crippen LogP contribution in [-0.4, -0.2) is 4.98 Å². The van der Waals surface area contributed by atoms with Gasteiger partial charge in [0.2, 0.25) is 0 Å². The third-order valence-electron chi connectivity index (χ3n) is 1.51. The first-order chi connectivity index (χ1) is 14.8. The van der Waals surface area contributed by atoms with Crippen LogP contribution in [0.2, 0.25) is 0 Å². The lowest BCUT2D eigenvalue weighted by molar-refractivity contribution is 1.09. The Hall–Kier alpha value is -1.63. The monoisotopic (exact) mass is 458 g/mol. The smallest absolute Gasteiger partial charge is 0.0267 e. The molecule has 1 aromatic heterocycles. The maximum absolute atomic E-state index is 3.78. The van der Waals surface area contributed by atoms with Crippen LogP contribution in [0.1, 0.15) is 138 Å². The number of benzene rings is 1. The highest BCUT2D eigenvalue weighted by atomic mass is 14.6. The molecule has 0 spiro atoms. The van der Waals surface area contributed by atoms with Crippen molar-refractivity contribution in [2.24, 2.45) is 0 Å². The van der Waals surface area contributed by atoms with Gasteiger partial charge in [0, 0.05) is 12.4 Å². The van der Waals surface area contributed by atoms with Crippen LogP contribution in [0.4, 0.5) is 0 Å². The van der Waals surface area contributed by atoms with Gasteiger partial charge in [-0.15, -0.1) is 0 Å². The normalized spacial score (nSPS) is 5.28. The van der Waals surface area contributed by atoms with Gasteiger partial charge in [-0.2, -0.15) is 0 Å². The van der Waals surface area contributed by atoms with Gasteiger partial charge in [0.25, 0.3) is 0 Å². The van der Waals surface area contributed by atoms with Crippen molar-refractivity contribution in [1.29, 1.82) is 0 Å². The summed E-state index contributed by atoms with van der Waals surface area (Å²) in [6, 6.07) is 16.0. The molecular weight excluding hydrogens is 386 g/mol. The topological polar surface area (TPSA) is 12.9 Å². The predicted molar refractivity (Wildman–Crippen MR) is 164 cm³/mol. The summed E-state index contributed by atoms with van der Waals surface area (Å²) < 4.78 is 0. The molecule has 0 amide bonds. The molecule has 0 radical (unpaired) electrons.